The van der Waals surface area contributed by atoms with E-state index in [1.165, 1.54) is 13.0 Å². The SMILES string of the molecule is CCNC(=NCCCCc1ccc([N+](=O)[O-])cc1)NC1CCN(CC2CCOC2)CC1. The Labute approximate surface area is 185 Å². The van der Waals surface area contributed by atoms with Crippen LogP contribution in [0.25, 0.3) is 0 Å². The van der Waals surface area contributed by atoms with E-state index < -0.39 is 0 Å². The Morgan fingerprint density at radius 3 is 2.65 bits per heavy atom. The predicted octanol–water partition coefficient (Wildman–Crippen LogP) is 2.97. The van der Waals surface area contributed by atoms with Gasteiger partial charge in [-0.3, -0.25) is 15.1 Å². The summed E-state index contributed by atoms with van der Waals surface area (Å²) in [5, 5.41) is 17.7. The number of nitrogens with zero attached hydrogens (tertiary/aromatic N) is 3. The Hall–Kier alpha value is -2.19. The molecular weight excluding hydrogens is 394 g/mol. The second-order valence-electron chi connectivity index (χ2n) is 8.59. The Morgan fingerprint density at radius 1 is 1.23 bits per heavy atom. The average molecular weight is 432 g/mol. The number of nitro groups is 1. The van der Waals surface area contributed by atoms with Crippen molar-refractivity contribution in [3.8, 4) is 0 Å². The van der Waals surface area contributed by atoms with Crippen molar-refractivity contribution < 1.29 is 9.66 Å². The number of nitro benzene ring substituents is 1. The van der Waals surface area contributed by atoms with E-state index in [1.54, 1.807) is 12.1 Å². The third-order valence-electron chi connectivity index (χ3n) is 6.10. The lowest BCUT2D eigenvalue weighted by molar-refractivity contribution is -0.384. The van der Waals surface area contributed by atoms with Gasteiger partial charge < -0.3 is 20.3 Å². The number of guanidine groups is 1. The molecule has 8 nitrogen and oxygen atoms in total. The highest BCUT2D eigenvalue weighted by Gasteiger charge is 2.24. The van der Waals surface area contributed by atoms with Crippen LogP contribution in [0.4, 0.5) is 5.69 Å². The predicted molar refractivity (Wildman–Crippen MR) is 124 cm³/mol. The van der Waals surface area contributed by atoms with Gasteiger partial charge in [-0.2, -0.15) is 0 Å². The third-order valence-corrected chi connectivity index (χ3v) is 6.10. The van der Waals surface area contributed by atoms with Crippen molar-refractivity contribution >= 4 is 11.6 Å². The normalized spacial score (nSPS) is 20.7. The summed E-state index contributed by atoms with van der Waals surface area (Å²) in [5.41, 5.74) is 1.28. The van der Waals surface area contributed by atoms with Crippen molar-refractivity contribution in [2.45, 2.75) is 51.5 Å². The Bertz CT molecular complexity index is 696. The fraction of sp³-hybridized carbons (Fsp3) is 0.696. The summed E-state index contributed by atoms with van der Waals surface area (Å²) in [7, 11) is 0. The topological polar surface area (TPSA) is 92.0 Å². The van der Waals surface area contributed by atoms with Crippen LogP contribution in [-0.4, -0.2) is 67.8 Å². The quantitative estimate of drug-likeness (QED) is 0.195. The van der Waals surface area contributed by atoms with Gasteiger partial charge in [-0.15, -0.1) is 0 Å². The number of nitrogens with one attached hydrogen (secondary N) is 2. The first-order valence-electron chi connectivity index (χ1n) is 11.7. The van der Waals surface area contributed by atoms with Crippen LogP contribution in [0.3, 0.4) is 0 Å². The molecular formula is C23H37N5O3. The summed E-state index contributed by atoms with van der Waals surface area (Å²) in [6.07, 6.45) is 6.44. The standard InChI is InChI=1S/C23H37N5O3/c1-2-24-23(25-13-4-3-5-19-6-8-22(9-7-19)28(29)30)26-21-10-14-27(15-11-21)17-20-12-16-31-18-20/h6-9,20-21H,2-5,10-18H2,1H3,(H2,24,25,26). The number of aryl methyl sites for hydroxylation is 1. The van der Waals surface area contributed by atoms with E-state index in [1.807, 2.05) is 12.1 Å². The minimum atomic E-state index is -0.359. The van der Waals surface area contributed by atoms with Gasteiger partial charge in [0.05, 0.1) is 11.5 Å². The first-order chi connectivity index (χ1) is 15.1. The smallest absolute Gasteiger partial charge is 0.269 e. The molecule has 0 aliphatic carbocycles. The van der Waals surface area contributed by atoms with Crippen LogP contribution in [0.5, 0.6) is 0 Å². The highest BCUT2D eigenvalue weighted by Crippen LogP contribution is 2.18. The molecule has 0 saturated carbocycles. The van der Waals surface area contributed by atoms with Gasteiger partial charge in [0.2, 0.25) is 0 Å². The van der Waals surface area contributed by atoms with E-state index >= 15 is 0 Å². The zero-order chi connectivity index (χ0) is 21.9. The number of ether oxygens (including phenoxy) is 1. The molecule has 1 unspecified atom stereocenters. The second-order valence-corrected chi connectivity index (χ2v) is 8.59. The number of aliphatic imine (C=N–C) groups is 1. The molecule has 1 aromatic carbocycles. The van der Waals surface area contributed by atoms with Crippen molar-refractivity contribution in [1.82, 2.24) is 15.5 Å². The van der Waals surface area contributed by atoms with Gasteiger partial charge in [0.15, 0.2) is 5.96 Å². The maximum absolute atomic E-state index is 10.7. The molecule has 31 heavy (non-hydrogen) atoms. The van der Waals surface area contributed by atoms with Gasteiger partial charge in [0.1, 0.15) is 0 Å². The van der Waals surface area contributed by atoms with Gasteiger partial charge in [0, 0.05) is 57.5 Å². The molecule has 0 amide bonds. The van der Waals surface area contributed by atoms with Gasteiger partial charge in [-0.1, -0.05) is 12.1 Å². The Kier molecular flexibility index (Phi) is 9.55. The second kappa shape index (κ2) is 12.6. The summed E-state index contributed by atoms with van der Waals surface area (Å²) in [5.74, 6) is 1.63. The lowest BCUT2D eigenvalue weighted by Gasteiger charge is -2.34. The van der Waals surface area contributed by atoms with Gasteiger partial charge >= 0.3 is 0 Å². The lowest BCUT2D eigenvalue weighted by Crippen LogP contribution is -2.49. The fourth-order valence-corrected chi connectivity index (χ4v) is 4.28. The van der Waals surface area contributed by atoms with E-state index in [2.05, 4.69) is 22.5 Å². The van der Waals surface area contributed by atoms with Crippen LogP contribution in [0, 0.1) is 16.0 Å². The highest BCUT2D eigenvalue weighted by atomic mass is 16.6. The van der Waals surface area contributed by atoms with Crippen molar-refractivity contribution in [2.75, 3.05) is 45.9 Å². The molecule has 2 aliphatic heterocycles. The maximum Gasteiger partial charge on any atom is 0.269 e. The largest absolute Gasteiger partial charge is 0.381 e. The monoisotopic (exact) mass is 431 g/mol. The maximum atomic E-state index is 10.7. The third kappa shape index (κ3) is 8.10. The van der Waals surface area contributed by atoms with Crippen molar-refractivity contribution in [3.05, 3.63) is 39.9 Å². The van der Waals surface area contributed by atoms with Crippen molar-refractivity contribution in [2.24, 2.45) is 10.9 Å². The number of rotatable bonds is 10. The van der Waals surface area contributed by atoms with Crippen LogP contribution >= 0.6 is 0 Å². The molecule has 2 fully saturated rings. The number of hydrogen-bond acceptors (Lipinski definition) is 5. The number of hydrogen-bond donors (Lipinski definition) is 2. The van der Waals surface area contributed by atoms with E-state index in [-0.39, 0.29) is 10.6 Å². The van der Waals surface area contributed by atoms with Crippen LogP contribution in [0.1, 0.15) is 44.6 Å². The average Bonchev–Trinajstić information content (AvgIpc) is 3.28. The van der Waals surface area contributed by atoms with Crippen LogP contribution < -0.4 is 10.6 Å². The molecule has 2 heterocycles. The lowest BCUT2D eigenvalue weighted by atomic mass is 10.0. The number of piperidine rings is 1. The van der Waals surface area contributed by atoms with Crippen LogP contribution in [0.15, 0.2) is 29.3 Å². The Morgan fingerprint density at radius 2 is 2.00 bits per heavy atom. The minimum Gasteiger partial charge on any atom is -0.381 e. The minimum absolute atomic E-state index is 0.146. The molecule has 1 aromatic rings. The van der Waals surface area contributed by atoms with Gasteiger partial charge in [-0.05, 0) is 56.9 Å². The molecule has 0 radical (unpaired) electrons. The molecule has 3 rings (SSSR count). The van der Waals surface area contributed by atoms with E-state index in [4.69, 9.17) is 9.73 Å². The fourth-order valence-electron chi connectivity index (χ4n) is 4.28. The zero-order valence-corrected chi connectivity index (χ0v) is 18.7. The summed E-state index contributed by atoms with van der Waals surface area (Å²) >= 11 is 0. The number of unbranched alkanes of at least 4 members (excludes halogenated alkanes) is 1. The van der Waals surface area contributed by atoms with E-state index in [9.17, 15) is 10.1 Å². The summed E-state index contributed by atoms with van der Waals surface area (Å²) in [6.45, 7) is 9.05. The number of non-ortho nitro benzene ring substituents is 1. The number of likely N-dealkylation sites (tertiary alicyclic amines) is 1. The van der Waals surface area contributed by atoms with Crippen molar-refractivity contribution in [3.63, 3.8) is 0 Å². The van der Waals surface area contributed by atoms with Gasteiger partial charge in [0.25, 0.3) is 5.69 Å². The molecule has 2 aliphatic rings. The highest BCUT2D eigenvalue weighted by molar-refractivity contribution is 5.80. The summed E-state index contributed by atoms with van der Waals surface area (Å²) in [4.78, 5) is 17.7. The Balaban J connectivity index is 1.34. The molecule has 2 N–H and O–H groups in total. The van der Waals surface area contributed by atoms with E-state index in [0.717, 1.165) is 88.9 Å². The van der Waals surface area contributed by atoms with Crippen LogP contribution in [0.2, 0.25) is 0 Å². The first-order valence-corrected chi connectivity index (χ1v) is 11.7. The summed E-state index contributed by atoms with van der Waals surface area (Å²) in [6, 6.07) is 7.33. The molecule has 0 aromatic heterocycles. The van der Waals surface area contributed by atoms with Crippen LogP contribution in [-0.2, 0) is 11.2 Å². The molecule has 1 atom stereocenters. The molecule has 172 valence electrons. The number of benzene rings is 1. The molecule has 2 saturated heterocycles. The molecule has 8 heteroatoms. The zero-order valence-electron chi connectivity index (χ0n) is 18.7. The first kappa shape index (κ1) is 23.5. The molecule has 0 spiro atoms. The summed E-state index contributed by atoms with van der Waals surface area (Å²) < 4.78 is 5.50. The van der Waals surface area contributed by atoms with E-state index in [0.29, 0.717) is 6.04 Å². The van der Waals surface area contributed by atoms with Crippen molar-refractivity contribution in [1.29, 1.82) is 0 Å². The van der Waals surface area contributed by atoms with Gasteiger partial charge in [-0.25, -0.2) is 0 Å². The molecule has 0 bridgehead atoms.